The molecule has 8 rings (SSSR count). The van der Waals surface area contributed by atoms with E-state index in [0.29, 0.717) is 29.2 Å². The molecular formula is C51H54N4O9Si. The molecule has 4 aromatic carbocycles. The van der Waals surface area contributed by atoms with Gasteiger partial charge in [-0.2, -0.15) is 0 Å². The lowest BCUT2D eigenvalue weighted by atomic mass is 9.82. The zero-order chi connectivity index (χ0) is 46.0. The van der Waals surface area contributed by atoms with E-state index in [0.717, 1.165) is 22.1 Å². The maximum atomic E-state index is 15.7. The molecular weight excluding hydrogens is 841 g/mol. The highest BCUT2D eigenvalue weighted by Crippen LogP contribution is 2.60. The first kappa shape index (κ1) is 44.8. The summed E-state index contributed by atoms with van der Waals surface area (Å²) >= 11 is 0. The lowest BCUT2D eigenvalue weighted by Crippen LogP contribution is -2.52. The van der Waals surface area contributed by atoms with Gasteiger partial charge in [-0.1, -0.05) is 79.8 Å². The van der Waals surface area contributed by atoms with Crippen LogP contribution in [0.2, 0.25) is 18.6 Å². The van der Waals surface area contributed by atoms with Gasteiger partial charge in [0, 0.05) is 48.3 Å². The Labute approximate surface area is 379 Å². The van der Waals surface area contributed by atoms with Gasteiger partial charge in [0.2, 0.25) is 5.91 Å². The second-order valence-electron chi connectivity index (χ2n) is 17.1. The summed E-state index contributed by atoms with van der Waals surface area (Å²) in [6.45, 7) is 6.95. The topological polar surface area (TPSA) is 142 Å². The molecule has 0 aliphatic carbocycles. The van der Waals surface area contributed by atoms with E-state index in [1.54, 1.807) is 53.6 Å². The quantitative estimate of drug-likeness (QED) is 0.120. The zero-order valence-electron chi connectivity index (χ0n) is 37.5. The number of benzene rings is 4. The largest absolute Gasteiger partial charge is 0.497 e. The molecule has 4 atom stereocenters. The second kappa shape index (κ2) is 18.4. The van der Waals surface area contributed by atoms with E-state index in [-0.39, 0.29) is 66.1 Å². The summed E-state index contributed by atoms with van der Waals surface area (Å²) in [5, 5.41) is 11.3. The average molecular weight is 895 g/mol. The van der Waals surface area contributed by atoms with Gasteiger partial charge in [0.15, 0.2) is 17.1 Å². The van der Waals surface area contributed by atoms with Gasteiger partial charge in [-0.25, -0.2) is 0 Å². The molecule has 0 unspecified atom stereocenters. The van der Waals surface area contributed by atoms with Gasteiger partial charge in [0.05, 0.1) is 60.8 Å². The number of hydrogen-bond donors (Lipinski definition) is 1. The van der Waals surface area contributed by atoms with E-state index in [4.69, 9.17) is 18.9 Å². The molecule has 336 valence electrons. The van der Waals surface area contributed by atoms with Crippen LogP contribution in [0.25, 0.3) is 11.4 Å². The minimum absolute atomic E-state index is 0.0288. The number of aliphatic hydroxyl groups is 1. The summed E-state index contributed by atoms with van der Waals surface area (Å²) < 4.78 is 26.5. The maximum absolute atomic E-state index is 15.7. The number of amides is 2. The van der Waals surface area contributed by atoms with Crippen molar-refractivity contribution in [3.05, 3.63) is 171 Å². The normalized spacial score (nSPS) is 19.0. The molecule has 1 saturated heterocycles. The fourth-order valence-corrected chi connectivity index (χ4v) is 13.9. The molecule has 2 aliphatic heterocycles. The van der Waals surface area contributed by atoms with Crippen molar-refractivity contribution in [1.82, 2.24) is 14.0 Å². The molecule has 4 heterocycles. The number of anilines is 1. The number of hydrogen-bond acceptors (Lipinski definition) is 9. The number of carbonyl (C=O) groups excluding carboxylic acids is 2. The van der Waals surface area contributed by atoms with Crippen molar-refractivity contribution in [1.29, 1.82) is 0 Å². The van der Waals surface area contributed by atoms with Crippen molar-refractivity contribution in [2.24, 2.45) is 5.92 Å². The summed E-state index contributed by atoms with van der Waals surface area (Å²) in [5.41, 5.74) is 1.60. The van der Waals surface area contributed by atoms with Crippen molar-refractivity contribution < 1.29 is 33.6 Å². The van der Waals surface area contributed by atoms with Crippen LogP contribution in [0.1, 0.15) is 30.0 Å². The van der Waals surface area contributed by atoms with E-state index in [1.807, 2.05) is 84.9 Å². The fourth-order valence-electron chi connectivity index (χ4n) is 9.94. The summed E-state index contributed by atoms with van der Waals surface area (Å²) in [7, 11) is 1.86. The molecule has 6 aromatic rings. The van der Waals surface area contributed by atoms with E-state index in [1.165, 1.54) is 23.4 Å². The number of ether oxygens (including phenoxy) is 4. The number of pyridine rings is 2. The van der Waals surface area contributed by atoms with Gasteiger partial charge in [0.1, 0.15) is 5.75 Å². The monoisotopic (exact) mass is 894 g/mol. The van der Waals surface area contributed by atoms with Crippen LogP contribution in [0.3, 0.4) is 0 Å². The van der Waals surface area contributed by atoms with Crippen molar-refractivity contribution >= 4 is 30.8 Å². The van der Waals surface area contributed by atoms with Gasteiger partial charge >= 0.3 is 0 Å². The average Bonchev–Trinajstić information content (AvgIpc) is 3.74. The van der Waals surface area contributed by atoms with Gasteiger partial charge < -0.3 is 33.9 Å². The Balaban J connectivity index is 1.24. The zero-order valence-corrected chi connectivity index (χ0v) is 38.5. The van der Waals surface area contributed by atoms with Crippen LogP contribution in [0.15, 0.2) is 143 Å². The lowest BCUT2D eigenvalue weighted by Gasteiger charge is -2.37. The van der Waals surface area contributed by atoms with Crippen molar-refractivity contribution in [2.75, 3.05) is 39.4 Å². The predicted molar refractivity (Wildman–Crippen MR) is 252 cm³/mol. The Hall–Kier alpha value is -6.74. The fraction of sp³-hybridized carbons (Fsp3) is 0.294. The molecule has 2 aromatic heterocycles. The molecule has 1 N–H and O–H groups in total. The lowest BCUT2D eigenvalue weighted by molar-refractivity contribution is -0.150. The minimum Gasteiger partial charge on any atom is -0.497 e. The number of fused-ring (bicyclic) bond motifs is 2. The standard InChI is InChI=1S/C51H54N4O9Si/c1-34-47(65(5,6)40-23-21-39(61-2)22-24-40)45(31-46(57)52(28-29-56)32-35-12-8-7-9-13-35)64-51(34)41-30-38(54-27-11-15-44(63-4)49(54)59)20-25-42(41)55(50(51)60)33-36-16-18-37(19-17-36)53-26-10-14-43(62-3)48(53)58/h7-27,30,34,45,47,56H,28-29,31-33H2,1-6H3/t34-,45+,47-,51+/m1/s1. The first-order valence-electron chi connectivity index (χ1n) is 21.7. The van der Waals surface area contributed by atoms with Crippen LogP contribution in [0.4, 0.5) is 5.69 Å². The summed E-state index contributed by atoms with van der Waals surface area (Å²) in [5.74, 6) is 0.170. The molecule has 13 nitrogen and oxygen atoms in total. The molecule has 65 heavy (non-hydrogen) atoms. The predicted octanol–water partition coefficient (Wildman–Crippen LogP) is 6.19. The van der Waals surface area contributed by atoms with E-state index >= 15 is 4.79 Å². The highest BCUT2D eigenvalue weighted by atomic mass is 28.3. The van der Waals surface area contributed by atoms with E-state index in [9.17, 15) is 19.5 Å². The Morgan fingerprint density at radius 2 is 1.37 bits per heavy atom. The third-order valence-electron chi connectivity index (χ3n) is 13.2. The third-order valence-corrected chi connectivity index (χ3v) is 17.6. The van der Waals surface area contributed by atoms with Crippen LogP contribution in [-0.2, 0) is 33.0 Å². The number of aromatic nitrogens is 2. The first-order chi connectivity index (χ1) is 31.4. The number of methoxy groups -OCH3 is 3. The maximum Gasteiger partial charge on any atom is 0.297 e. The van der Waals surface area contributed by atoms with Crippen LogP contribution in [-0.4, -0.2) is 79.6 Å². The Morgan fingerprint density at radius 1 is 0.754 bits per heavy atom. The van der Waals surface area contributed by atoms with E-state index in [2.05, 4.69) is 32.2 Å². The van der Waals surface area contributed by atoms with Crippen molar-refractivity contribution in [3.63, 3.8) is 0 Å². The third kappa shape index (κ3) is 8.17. The molecule has 0 saturated carbocycles. The SMILES string of the molecule is COc1ccc([Si](C)(C)[C@H]2[C@H](CC(=O)N(CCO)Cc3ccccc3)O[C@@]3(C(=O)N(Cc4ccc(-n5cccc(OC)c5=O)cc4)c4ccc(-n5cccc(OC)c5=O)cc43)[C@@H]2C)cc1. The first-order valence-corrected chi connectivity index (χ1v) is 24.8. The Bertz CT molecular complexity index is 2810. The minimum atomic E-state index is -2.67. The molecule has 2 aliphatic rings. The Kier molecular flexibility index (Phi) is 12.7. The van der Waals surface area contributed by atoms with Gasteiger partial charge in [-0.3, -0.25) is 28.3 Å². The number of nitrogens with zero attached hydrogens (tertiary/aromatic N) is 4. The van der Waals surface area contributed by atoms with Crippen LogP contribution in [0, 0.1) is 5.92 Å². The summed E-state index contributed by atoms with van der Waals surface area (Å²) in [4.78, 5) is 60.5. The molecule has 0 bridgehead atoms. The molecule has 14 heteroatoms. The number of rotatable bonds is 15. The molecule has 2 amide bonds. The number of carbonyl (C=O) groups is 2. The van der Waals surface area contributed by atoms with E-state index < -0.39 is 25.7 Å². The summed E-state index contributed by atoms with van der Waals surface area (Å²) in [6.07, 6.45) is 2.60. The number of aliphatic hydroxyl groups excluding tert-OH is 1. The van der Waals surface area contributed by atoms with Crippen LogP contribution >= 0.6 is 0 Å². The van der Waals surface area contributed by atoms with Crippen molar-refractivity contribution in [2.45, 2.75) is 56.8 Å². The molecule has 0 radical (unpaired) electrons. The van der Waals surface area contributed by atoms with Crippen LogP contribution < -0.4 is 35.4 Å². The van der Waals surface area contributed by atoms with Gasteiger partial charge in [0.25, 0.3) is 17.0 Å². The summed E-state index contributed by atoms with van der Waals surface area (Å²) in [6, 6.07) is 37.3. The smallest absolute Gasteiger partial charge is 0.297 e. The highest BCUT2D eigenvalue weighted by molar-refractivity contribution is 6.91. The molecule has 1 fully saturated rings. The molecule has 1 spiro atoms. The Morgan fingerprint density at radius 3 is 1.97 bits per heavy atom. The van der Waals surface area contributed by atoms with Crippen LogP contribution in [0.5, 0.6) is 17.2 Å². The highest BCUT2D eigenvalue weighted by Gasteiger charge is 2.66. The van der Waals surface area contributed by atoms with Gasteiger partial charge in [-0.05, 0) is 83.4 Å². The van der Waals surface area contributed by atoms with Crippen molar-refractivity contribution in [3.8, 4) is 28.6 Å². The van der Waals surface area contributed by atoms with Gasteiger partial charge in [-0.15, -0.1) is 0 Å². The second-order valence-corrected chi connectivity index (χ2v) is 21.8.